The van der Waals surface area contributed by atoms with E-state index in [0.717, 1.165) is 17.1 Å². The van der Waals surface area contributed by atoms with E-state index >= 15 is 0 Å². The van der Waals surface area contributed by atoms with E-state index in [0.29, 0.717) is 0 Å². The van der Waals surface area contributed by atoms with Crippen molar-refractivity contribution in [2.24, 2.45) is 0 Å². The third-order valence-corrected chi connectivity index (χ3v) is 13.1. The van der Waals surface area contributed by atoms with E-state index in [9.17, 15) is 0 Å². The summed E-state index contributed by atoms with van der Waals surface area (Å²) in [4.78, 5) is 2.40. The van der Waals surface area contributed by atoms with Crippen molar-refractivity contribution in [2.45, 2.75) is 0 Å². The molecular weight excluding hydrogens is 703 g/mol. The van der Waals surface area contributed by atoms with Crippen molar-refractivity contribution in [3.63, 3.8) is 0 Å². The average molecular weight is 736 g/mol. The molecule has 0 spiro atoms. The molecule has 0 radical (unpaired) electrons. The van der Waals surface area contributed by atoms with E-state index in [1.54, 1.807) is 0 Å². The third-order valence-electron chi connectivity index (χ3n) is 10.8. The molecule has 3 heteroatoms. The fourth-order valence-corrected chi connectivity index (χ4v) is 10.4. The van der Waals surface area contributed by atoms with E-state index in [4.69, 9.17) is 0 Å². The number of thiophene rings is 2. The van der Waals surface area contributed by atoms with Crippen LogP contribution in [0.2, 0.25) is 0 Å². The van der Waals surface area contributed by atoms with Crippen molar-refractivity contribution >= 4 is 90.9 Å². The molecule has 11 aromatic rings. The van der Waals surface area contributed by atoms with Gasteiger partial charge in [-0.1, -0.05) is 133 Å². The molecule has 11 rings (SSSR count). The third kappa shape index (κ3) is 5.68. The molecule has 0 fully saturated rings. The van der Waals surface area contributed by atoms with Gasteiger partial charge in [-0.25, -0.2) is 0 Å². The van der Waals surface area contributed by atoms with Crippen molar-refractivity contribution in [2.75, 3.05) is 4.90 Å². The molecule has 2 aromatic heterocycles. The van der Waals surface area contributed by atoms with Crippen LogP contribution in [0.1, 0.15) is 0 Å². The second-order valence-corrected chi connectivity index (χ2v) is 16.3. The zero-order chi connectivity index (χ0) is 36.3. The lowest BCUT2D eigenvalue weighted by Gasteiger charge is -2.27. The highest BCUT2D eigenvalue weighted by atomic mass is 32.1. The van der Waals surface area contributed by atoms with Gasteiger partial charge in [0.1, 0.15) is 0 Å². The largest absolute Gasteiger partial charge is 0.310 e. The lowest BCUT2D eigenvalue weighted by atomic mass is 10.00. The Bertz CT molecular complexity index is 3060. The van der Waals surface area contributed by atoms with Crippen LogP contribution in [-0.4, -0.2) is 0 Å². The zero-order valence-electron chi connectivity index (χ0n) is 29.8. The van der Waals surface area contributed by atoms with Crippen LogP contribution in [0.25, 0.3) is 84.5 Å². The first kappa shape index (κ1) is 32.0. The Morgan fingerprint density at radius 1 is 0.255 bits per heavy atom. The number of fused-ring (bicyclic) bond motifs is 7. The summed E-state index contributed by atoms with van der Waals surface area (Å²) in [6.07, 6.45) is 0. The molecule has 0 aliphatic carbocycles. The van der Waals surface area contributed by atoms with E-state index < -0.39 is 0 Å². The minimum atomic E-state index is 1.11. The molecule has 0 aliphatic rings. The highest BCUT2D eigenvalue weighted by molar-refractivity contribution is 7.26. The minimum absolute atomic E-state index is 1.11. The SMILES string of the molecule is c1cc(-c2ccc3c(c2)sc2ccccc23)cc(N(c2ccc(-c3ccc4ccccc4c3)cc2)c2cccc(-c3ccc4c(c3)sc3ccccc34)c2)c1. The number of nitrogens with zero attached hydrogens (tertiary/aromatic N) is 1. The van der Waals surface area contributed by atoms with Gasteiger partial charge in [0.05, 0.1) is 0 Å². The second kappa shape index (κ2) is 13.1. The Kier molecular flexibility index (Phi) is 7.61. The Morgan fingerprint density at radius 3 is 1.31 bits per heavy atom. The summed E-state index contributed by atoms with van der Waals surface area (Å²) in [5.41, 5.74) is 10.6. The highest BCUT2D eigenvalue weighted by Gasteiger charge is 2.16. The zero-order valence-corrected chi connectivity index (χ0v) is 31.4. The van der Waals surface area contributed by atoms with Crippen LogP contribution in [0.15, 0.2) is 200 Å². The molecule has 9 aromatic carbocycles. The summed E-state index contributed by atoms with van der Waals surface area (Å²) in [7, 11) is 0. The van der Waals surface area contributed by atoms with E-state index in [1.165, 1.54) is 84.5 Å². The standard InChI is InChI=1S/C52H33NS2/c1-2-10-36-29-39(20-19-34(36)9-1)35-21-25-42(26-22-35)53(43-13-7-11-37(30-43)40-23-27-47-45-15-3-5-17-49(45)54-51(47)32-40)44-14-8-12-38(31-44)41-24-28-48-46-16-4-6-18-50(46)55-52(48)33-41/h1-33H. The number of benzene rings is 9. The van der Waals surface area contributed by atoms with Crippen molar-refractivity contribution in [3.8, 4) is 33.4 Å². The minimum Gasteiger partial charge on any atom is -0.310 e. The maximum Gasteiger partial charge on any atom is 0.0467 e. The summed E-state index contributed by atoms with van der Waals surface area (Å²) in [5, 5.41) is 7.80. The summed E-state index contributed by atoms with van der Waals surface area (Å²) < 4.78 is 5.28. The number of anilines is 3. The predicted molar refractivity (Wildman–Crippen MR) is 241 cm³/mol. The quantitative estimate of drug-likeness (QED) is 0.164. The van der Waals surface area contributed by atoms with Gasteiger partial charge in [0.2, 0.25) is 0 Å². The van der Waals surface area contributed by atoms with Gasteiger partial charge in [-0.05, 0) is 111 Å². The first-order valence-electron chi connectivity index (χ1n) is 18.6. The van der Waals surface area contributed by atoms with Crippen molar-refractivity contribution < 1.29 is 0 Å². The number of rotatable bonds is 6. The molecule has 1 nitrogen and oxygen atoms in total. The first-order chi connectivity index (χ1) is 27.2. The Hall–Kier alpha value is -6.52. The molecule has 0 bridgehead atoms. The van der Waals surface area contributed by atoms with Gasteiger partial charge >= 0.3 is 0 Å². The lowest BCUT2D eigenvalue weighted by molar-refractivity contribution is 1.28. The molecule has 2 heterocycles. The Labute approximate surface area is 327 Å². The van der Waals surface area contributed by atoms with Crippen LogP contribution >= 0.6 is 22.7 Å². The molecule has 0 atom stereocenters. The molecule has 0 saturated heterocycles. The fraction of sp³-hybridized carbons (Fsp3) is 0. The van der Waals surface area contributed by atoms with Crippen LogP contribution in [0.5, 0.6) is 0 Å². The summed E-state index contributed by atoms with van der Waals surface area (Å²) in [6, 6.07) is 73.5. The molecule has 0 aliphatic heterocycles. The van der Waals surface area contributed by atoms with Gasteiger partial charge in [0.15, 0.2) is 0 Å². The molecular formula is C52H33NS2. The smallest absolute Gasteiger partial charge is 0.0467 e. The second-order valence-electron chi connectivity index (χ2n) is 14.2. The van der Waals surface area contributed by atoms with Gasteiger partial charge in [0, 0.05) is 57.4 Å². The molecule has 55 heavy (non-hydrogen) atoms. The highest BCUT2D eigenvalue weighted by Crippen LogP contribution is 2.42. The topological polar surface area (TPSA) is 3.24 Å². The normalized spacial score (nSPS) is 11.6. The van der Waals surface area contributed by atoms with E-state index in [2.05, 4.69) is 205 Å². The predicted octanol–water partition coefficient (Wildman–Crippen LogP) is 16.0. The van der Waals surface area contributed by atoms with E-state index in [1.807, 2.05) is 22.7 Å². The van der Waals surface area contributed by atoms with Crippen LogP contribution < -0.4 is 4.90 Å². The van der Waals surface area contributed by atoms with Crippen LogP contribution in [0.3, 0.4) is 0 Å². The van der Waals surface area contributed by atoms with Gasteiger partial charge in [0.25, 0.3) is 0 Å². The summed E-state index contributed by atoms with van der Waals surface area (Å²) >= 11 is 3.73. The number of hydrogen-bond acceptors (Lipinski definition) is 3. The molecule has 0 N–H and O–H groups in total. The Morgan fingerprint density at radius 2 is 0.709 bits per heavy atom. The van der Waals surface area contributed by atoms with Crippen molar-refractivity contribution in [1.29, 1.82) is 0 Å². The first-order valence-corrected chi connectivity index (χ1v) is 20.3. The van der Waals surface area contributed by atoms with Crippen molar-refractivity contribution in [3.05, 3.63) is 200 Å². The van der Waals surface area contributed by atoms with Gasteiger partial charge < -0.3 is 4.90 Å². The van der Waals surface area contributed by atoms with Gasteiger partial charge in [-0.3, -0.25) is 0 Å². The van der Waals surface area contributed by atoms with Crippen LogP contribution in [0.4, 0.5) is 17.1 Å². The fourth-order valence-electron chi connectivity index (χ4n) is 8.08. The van der Waals surface area contributed by atoms with Crippen LogP contribution in [0, 0.1) is 0 Å². The summed E-state index contributed by atoms with van der Waals surface area (Å²) in [6.45, 7) is 0. The molecule has 0 saturated carbocycles. The average Bonchev–Trinajstić information content (AvgIpc) is 3.82. The van der Waals surface area contributed by atoms with E-state index in [-0.39, 0.29) is 0 Å². The number of hydrogen-bond donors (Lipinski definition) is 0. The van der Waals surface area contributed by atoms with Crippen LogP contribution in [-0.2, 0) is 0 Å². The molecule has 0 unspecified atom stereocenters. The van der Waals surface area contributed by atoms with Crippen molar-refractivity contribution in [1.82, 2.24) is 0 Å². The molecule has 0 amide bonds. The Balaban J connectivity index is 1.02. The maximum atomic E-state index is 2.40. The lowest BCUT2D eigenvalue weighted by Crippen LogP contribution is -2.10. The monoisotopic (exact) mass is 735 g/mol. The molecule has 258 valence electrons. The summed E-state index contributed by atoms with van der Waals surface area (Å²) in [5.74, 6) is 0. The van der Waals surface area contributed by atoms with Gasteiger partial charge in [-0.15, -0.1) is 22.7 Å². The maximum absolute atomic E-state index is 2.40. The van der Waals surface area contributed by atoms with Gasteiger partial charge in [-0.2, -0.15) is 0 Å².